The summed E-state index contributed by atoms with van der Waals surface area (Å²) in [5, 5.41) is 12.4. The lowest BCUT2D eigenvalue weighted by atomic mass is 10.3. The zero-order chi connectivity index (χ0) is 13.4. The molecule has 0 saturated heterocycles. The minimum atomic E-state index is 0.467. The molecule has 0 amide bonds. The van der Waals surface area contributed by atoms with Gasteiger partial charge in [0.15, 0.2) is 0 Å². The van der Waals surface area contributed by atoms with Gasteiger partial charge < -0.3 is 5.32 Å². The molecule has 100 valence electrons. The smallest absolute Gasteiger partial charge is 0.0869 e. The Morgan fingerprint density at radius 2 is 2.11 bits per heavy atom. The maximum atomic E-state index is 6.27. The molecule has 1 aromatic heterocycles. The highest BCUT2D eigenvalue weighted by molar-refractivity contribution is 9.10. The van der Waals surface area contributed by atoms with Crippen LogP contribution in [-0.4, -0.2) is 21.0 Å². The van der Waals surface area contributed by atoms with Crippen molar-refractivity contribution in [3.8, 4) is 5.69 Å². The Morgan fingerprint density at radius 1 is 1.32 bits per heavy atom. The molecule has 2 aromatic rings. The Balaban J connectivity index is 1.93. The van der Waals surface area contributed by atoms with Gasteiger partial charge in [-0.3, -0.25) is 0 Å². The van der Waals surface area contributed by atoms with Gasteiger partial charge in [-0.25, -0.2) is 4.68 Å². The van der Waals surface area contributed by atoms with Crippen molar-refractivity contribution in [3.05, 3.63) is 38.5 Å². The molecular formula is C12H11BrCl2N4. The van der Waals surface area contributed by atoms with E-state index in [1.54, 1.807) is 10.9 Å². The van der Waals surface area contributed by atoms with Crippen LogP contribution in [0.25, 0.3) is 5.69 Å². The third-order valence-corrected chi connectivity index (χ3v) is 4.77. The first-order valence-electron chi connectivity index (χ1n) is 5.93. The van der Waals surface area contributed by atoms with Crippen LogP contribution in [0.2, 0.25) is 10.0 Å². The molecule has 19 heavy (non-hydrogen) atoms. The van der Waals surface area contributed by atoms with Crippen molar-refractivity contribution in [3.63, 3.8) is 0 Å². The molecule has 1 aliphatic carbocycles. The maximum Gasteiger partial charge on any atom is 0.0869 e. The van der Waals surface area contributed by atoms with Crippen molar-refractivity contribution in [2.24, 2.45) is 0 Å². The third-order valence-electron chi connectivity index (χ3n) is 3.01. The number of aromatic nitrogens is 3. The number of benzene rings is 1. The average Bonchev–Trinajstić information content (AvgIpc) is 3.12. The third kappa shape index (κ3) is 2.79. The van der Waals surface area contributed by atoms with Crippen LogP contribution in [0, 0.1) is 0 Å². The van der Waals surface area contributed by atoms with Crippen LogP contribution < -0.4 is 5.32 Å². The summed E-state index contributed by atoms with van der Waals surface area (Å²) >= 11 is 15.7. The lowest BCUT2D eigenvalue weighted by Crippen LogP contribution is -2.18. The van der Waals surface area contributed by atoms with E-state index < -0.39 is 0 Å². The van der Waals surface area contributed by atoms with E-state index in [1.807, 2.05) is 12.1 Å². The molecule has 0 aliphatic heterocycles. The Hall–Kier alpha value is -0.620. The molecule has 1 heterocycles. The fraction of sp³-hybridized carbons (Fsp3) is 0.333. The lowest BCUT2D eigenvalue weighted by molar-refractivity contribution is 0.647. The van der Waals surface area contributed by atoms with Gasteiger partial charge in [-0.05, 0) is 40.9 Å². The summed E-state index contributed by atoms with van der Waals surface area (Å²) in [5.74, 6) is 0. The van der Waals surface area contributed by atoms with E-state index >= 15 is 0 Å². The van der Waals surface area contributed by atoms with Gasteiger partial charge in [0.2, 0.25) is 0 Å². The van der Waals surface area contributed by atoms with Gasteiger partial charge in [0.25, 0.3) is 0 Å². The van der Waals surface area contributed by atoms with Gasteiger partial charge in [-0.1, -0.05) is 28.4 Å². The summed E-state index contributed by atoms with van der Waals surface area (Å²) in [6.45, 7) is 0.724. The second-order valence-corrected chi connectivity index (χ2v) is 6.10. The van der Waals surface area contributed by atoms with Crippen LogP contribution in [0.5, 0.6) is 0 Å². The molecule has 1 fully saturated rings. The molecule has 1 N–H and O–H groups in total. The summed E-state index contributed by atoms with van der Waals surface area (Å²) < 4.78 is 2.48. The van der Waals surface area contributed by atoms with Gasteiger partial charge in [0, 0.05) is 17.1 Å². The molecular weight excluding hydrogens is 351 g/mol. The lowest BCUT2D eigenvalue weighted by Gasteiger charge is -2.10. The van der Waals surface area contributed by atoms with Gasteiger partial charge >= 0.3 is 0 Å². The molecule has 1 saturated carbocycles. The molecule has 0 atom stereocenters. The molecule has 1 aliphatic rings. The van der Waals surface area contributed by atoms with Crippen molar-refractivity contribution in [1.82, 2.24) is 20.3 Å². The summed E-state index contributed by atoms with van der Waals surface area (Å²) in [4.78, 5) is 0. The first kappa shape index (κ1) is 13.4. The number of nitrogens with zero attached hydrogens (tertiary/aromatic N) is 3. The second kappa shape index (κ2) is 5.40. The fourth-order valence-electron chi connectivity index (χ4n) is 1.80. The molecule has 3 rings (SSSR count). The summed E-state index contributed by atoms with van der Waals surface area (Å²) in [6.07, 6.45) is 4.22. The van der Waals surface area contributed by atoms with Crippen LogP contribution in [-0.2, 0) is 6.54 Å². The van der Waals surface area contributed by atoms with Gasteiger partial charge in [-0.15, -0.1) is 5.10 Å². The van der Waals surface area contributed by atoms with Crippen LogP contribution in [0.15, 0.2) is 22.8 Å². The highest BCUT2D eigenvalue weighted by Crippen LogP contribution is 2.34. The Labute approximate surface area is 129 Å². The molecule has 4 nitrogen and oxygen atoms in total. The predicted octanol–water partition coefficient (Wildman–Crippen LogP) is 3.59. The van der Waals surface area contributed by atoms with E-state index in [0.717, 1.165) is 22.4 Å². The zero-order valence-electron chi connectivity index (χ0n) is 9.91. The second-order valence-electron chi connectivity index (χ2n) is 4.49. The van der Waals surface area contributed by atoms with Crippen molar-refractivity contribution in [2.45, 2.75) is 25.4 Å². The minimum Gasteiger partial charge on any atom is -0.308 e. The molecule has 1 aromatic carbocycles. The highest BCUT2D eigenvalue weighted by atomic mass is 79.9. The molecule has 0 unspecified atom stereocenters. The van der Waals surface area contributed by atoms with E-state index in [0.29, 0.717) is 16.1 Å². The van der Waals surface area contributed by atoms with Crippen molar-refractivity contribution >= 4 is 39.1 Å². The Bertz CT molecular complexity index is 610. The highest BCUT2D eigenvalue weighted by Gasteiger charge is 2.21. The van der Waals surface area contributed by atoms with Crippen molar-refractivity contribution in [1.29, 1.82) is 0 Å². The number of hydrogen-bond donors (Lipinski definition) is 1. The van der Waals surface area contributed by atoms with Crippen molar-refractivity contribution in [2.75, 3.05) is 0 Å². The molecule has 0 bridgehead atoms. The van der Waals surface area contributed by atoms with E-state index in [1.165, 1.54) is 12.8 Å². The van der Waals surface area contributed by atoms with Crippen LogP contribution in [0.4, 0.5) is 0 Å². The minimum absolute atomic E-state index is 0.467. The van der Waals surface area contributed by atoms with Crippen LogP contribution in [0.1, 0.15) is 18.5 Å². The monoisotopic (exact) mass is 360 g/mol. The molecule has 7 heteroatoms. The summed E-state index contributed by atoms with van der Waals surface area (Å²) in [7, 11) is 0. The zero-order valence-corrected chi connectivity index (χ0v) is 13.0. The summed E-state index contributed by atoms with van der Waals surface area (Å²) in [5.41, 5.74) is 1.70. The average molecular weight is 362 g/mol. The number of nitrogens with one attached hydrogen (secondary N) is 1. The Morgan fingerprint density at radius 3 is 2.84 bits per heavy atom. The quantitative estimate of drug-likeness (QED) is 0.846. The first-order chi connectivity index (χ1) is 9.16. The maximum absolute atomic E-state index is 6.27. The first-order valence-corrected chi connectivity index (χ1v) is 7.48. The topological polar surface area (TPSA) is 42.7 Å². The van der Waals surface area contributed by atoms with E-state index in [4.69, 9.17) is 23.2 Å². The van der Waals surface area contributed by atoms with E-state index in [9.17, 15) is 0 Å². The molecule has 0 radical (unpaired) electrons. The number of rotatable bonds is 4. The van der Waals surface area contributed by atoms with E-state index in [2.05, 4.69) is 31.6 Å². The van der Waals surface area contributed by atoms with Gasteiger partial charge in [-0.2, -0.15) is 0 Å². The Kier molecular flexibility index (Phi) is 3.80. The van der Waals surface area contributed by atoms with Gasteiger partial charge in [0.1, 0.15) is 0 Å². The fourth-order valence-corrected chi connectivity index (χ4v) is 2.64. The number of halogens is 3. The van der Waals surface area contributed by atoms with Gasteiger partial charge in [0.05, 0.1) is 27.6 Å². The van der Waals surface area contributed by atoms with Crippen molar-refractivity contribution < 1.29 is 0 Å². The SMILES string of the molecule is Clc1c(Br)ccc(-n2nncc2CNC2CC2)c1Cl. The summed E-state index contributed by atoms with van der Waals surface area (Å²) in [6, 6.07) is 4.35. The van der Waals surface area contributed by atoms with E-state index in [-0.39, 0.29) is 0 Å². The normalized spacial score (nSPS) is 14.9. The standard InChI is InChI=1S/C12H11BrCl2N4/c13-9-3-4-10(12(15)11(9)14)19-8(6-17-18-19)5-16-7-1-2-7/h3-4,6-7,16H,1-2,5H2. The van der Waals surface area contributed by atoms with Crippen LogP contribution in [0.3, 0.4) is 0 Å². The number of hydrogen-bond acceptors (Lipinski definition) is 3. The largest absolute Gasteiger partial charge is 0.308 e. The predicted molar refractivity (Wildman–Crippen MR) is 78.9 cm³/mol. The van der Waals surface area contributed by atoms with Crippen LogP contribution >= 0.6 is 39.1 Å². The molecule has 0 spiro atoms.